The largest absolute Gasteiger partial charge is 0.472 e. The first-order chi connectivity index (χ1) is 13.8. The lowest BCUT2D eigenvalue weighted by Gasteiger charge is -2.27. The number of carbonyl (C=O) groups is 1. The van der Waals surface area contributed by atoms with Gasteiger partial charge in [-0.3, -0.25) is 18.4 Å². The normalized spacial score (nSPS) is 31.7. The average Bonchev–Trinajstić information content (AvgIpc) is 3.19. The summed E-state index contributed by atoms with van der Waals surface area (Å²) in [6, 6.07) is 0. The second-order valence-corrected chi connectivity index (χ2v) is 8.73. The van der Waals surface area contributed by atoms with E-state index < -0.39 is 32.4 Å². The average molecular weight is 445 g/mol. The third-order valence-electron chi connectivity index (χ3n) is 4.58. The summed E-state index contributed by atoms with van der Waals surface area (Å²) in [6.45, 7) is 1.70. The van der Waals surface area contributed by atoms with Gasteiger partial charge in [0.15, 0.2) is 28.4 Å². The summed E-state index contributed by atoms with van der Waals surface area (Å²) < 4.78 is 28.9. The van der Waals surface area contributed by atoms with Gasteiger partial charge in [-0.1, -0.05) is 18.7 Å². The van der Waals surface area contributed by atoms with Crippen molar-refractivity contribution in [1.29, 1.82) is 0 Å². The number of ether oxygens (including phenoxy) is 1. The van der Waals surface area contributed by atoms with Crippen LogP contribution in [0.15, 0.2) is 11.5 Å². The van der Waals surface area contributed by atoms with Crippen LogP contribution in [0, 0.1) is 0 Å². The SMILES string of the molecule is CCCC(=O)Nc1ncnc2c1nc(SC)n2[C@@H]1O[C@@H]2COP(=O)(O)O[C@H]2[C@H]1O. The molecule has 14 heteroatoms. The first-order valence-corrected chi connectivity index (χ1v) is 11.6. The molecule has 0 aromatic carbocycles. The zero-order valence-corrected chi connectivity index (χ0v) is 17.3. The van der Waals surface area contributed by atoms with E-state index >= 15 is 0 Å². The Morgan fingerprint density at radius 2 is 2.28 bits per heavy atom. The molecule has 4 rings (SSSR count). The highest BCUT2D eigenvalue weighted by Gasteiger charge is 2.53. The first kappa shape index (κ1) is 20.7. The summed E-state index contributed by atoms with van der Waals surface area (Å²) in [7, 11) is -4.24. The van der Waals surface area contributed by atoms with E-state index in [-0.39, 0.29) is 18.3 Å². The lowest BCUT2D eigenvalue weighted by molar-refractivity contribution is -0.116. The molecular formula is C15H20N5O7PS. The van der Waals surface area contributed by atoms with Crippen molar-refractivity contribution in [3.05, 3.63) is 6.33 Å². The zero-order valence-electron chi connectivity index (χ0n) is 15.6. The second-order valence-electron chi connectivity index (χ2n) is 6.55. The van der Waals surface area contributed by atoms with Gasteiger partial charge in [0.25, 0.3) is 0 Å². The quantitative estimate of drug-likeness (QED) is 0.446. The number of fused-ring (bicyclic) bond motifs is 2. The van der Waals surface area contributed by atoms with Crippen molar-refractivity contribution >= 4 is 42.5 Å². The Bertz CT molecular complexity index is 987. The summed E-state index contributed by atoms with van der Waals surface area (Å²) in [5.41, 5.74) is 0.684. The second kappa shape index (κ2) is 7.91. The number of carbonyl (C=O) groups excluding carboxylic acids is 1. The van der Waals surface area contributed by atoms with Gasteiger partial charge in [0, 0.05) is 6.42 Å². The predicted molar refractivity (Wildman–Crippen MR) is 101 cm³/mol. The summed E-state index contributed by atoms with van der Waals surface area (Å²) >= 11 is 1.28. The molecule has 2 aromatic heterocycles. The zero-order chi connectivity index (χ0) is 20.8. The topological polar surface area (TPSA) is 158 Å². The smallest absolute Gasteiger partial charge is 0.386 e. The van der Waals surface area contributed by atoms with E-state index in [1.54, 1.807) is 10.8 Å². The standard InChI is InChI=1S/C15H20N5O7PS/c1-3-4-8(21)18-12-9-13(17-6-16-12)20(15(19-9)29-2)14-10(22)11-7(26-14)5-25-28(23,24)27-11/h6-7,10-11,14,22H,3-5H2,1-2H3,(H,23,24)(H,16,17,18,21)/t7-,10-,11-,14-/m1/s1. The van der Waals surface area contributed by atoms with Crippen LogP contribution in [0.1, 0.15) is 26.0 Å². The highest BCUT2D eigenvalue weighted by molar-refractivity contribution is 7.98. The van der Waals surface area contributed by atoms with E-state index in [1.165, 1.54) is 18.1 Å². The van der Waals surface area contributed by atoms with Gasteiger partial charge < -0.3 is 20.1 Å². The molecule has 4 heterocycles. The van der Waals surface area contributed by atoms with Gasteiger partial charge in [-0.05, 0) is 12.7 Å². The molecule has 5 atom stereocenters. The molecule has 1 amide bonds. The van der Waals surface area contributed by atoms with Crippen LogP contribution in [0.25, 0.3) is 11.2 Å². The third-order valence-corrected chi connectivity index (χ3v) is 6.22. The third kappa shape index (κ3) is 3.79. The van der Waals surface area contributed by atoms with E-state index in [1.807, 2.05) is 6.92 Å². The number of nitrogens with one attached hydrogen (secondary N) is 1. The molecule has 0 bridgehead atoms. The number of imidazole rings is 1. The van der Waals surface area contributed by atoms with Gasteiger partial charge in [0.2, 0.25) is 5.91 Å². The summed E-state index contributed by atoms with van der Waals surface area (Å²) in [6.07, 6.45) is 0.0804. The lowest BCUT2D eigenvalue weighted by Crippen LogP contribution is -2.39. The number of anilines is 1. The number of rotatable bonds is 5. The molecule has 1 unspecified atom stereocenters. The minimum Gasteiger partial charge on any atom is -0.386 e. The van der Waals surface area contributed by atoms with Gasteiger partial charge in [0.1, 0.15) is 24.6 Å². The van der Waals surface area contributed by atoms with E-state index in [0.29, 0.717) is 29.2 Å². The maximum Gasteiger partial charge on any atom is 0.472 e. The van der Waals surface area contributed by atoms with Crippen molar-refractivity contribution in [2.24, 2.45) is 0 Å². The molecule has 12 nitrogen and oxygen atoms in total. The van der Waals surface area contributed by atoms with Gasteiger partial charge in [0.05, 0.1) is 6.61 Å². The number of amides is 1. The fraction of sp³-hybridized carbons (Fsp3) is 0.600. The molecular weight excluding hydrogens is 425 g/mol. The molecule has 2 aliphatic heterocycles. The van der Waals surface area contributed by atoms with Gasteiger partial charge in [-0.2, -0.15) is 0 Å². The number of aliphatic hydroxyl groups is 1. The monoisotopic (exact) mass is 445 g/mol. The fourth-order valence-electron chi connectivity index (χ4n) is 3.32. The fourth-order valence-corrected chi connectivity index (χ4v) is 4.86. The number of thioether (sulfide) groups is 1. The maximum absolute atomic E-state index is 12.0. The minimum atomic E-state index is -4.24. The van der Waals surface area contributed by atoms with Crippen LogP contribution < -0.4 is 5.32 Å². The van der Waals surface area contributed by atoms with Crippen molar-refractivity contribution in [1.82, 2.24) is 19.5 Å². The molecule has 0 radical (unpaired) electrons. The summed E-state index contributed by atoms with van der Waals surface area (Å²) in [5, 5.41) is 13.9. The molecule has 29 heavy (non-hydrogen) atoms. The van der Waals surface area contributed by atoms with Crippen LogP contribution in [-0.4, -0.2) is 66.6 Å². The summed E-state index contributed by atoms with van der Waals surface area (Å²) in [4.78, 5) is 34.4. The van der Waals surface area contributed by atoms with Crippen molar-refractivity contribution in [2.75, 3.05) is 18.2 Å². The molecule has 2 aromatic rings. The van der Waals surface area contributed by atoms with Crippen LogP contribution in [0.5, 0.6) is 0 Å². The molecule has 3 N–H and O–H groups in total. The number of phosphoric ester groups is 1. The highest BCUT2D eigenvalue weighted by Crippen LogP contribution is 2.53. The molecule has 0 saturated carbocycles. The van der Waals surface area contributed by atoms with E-state index in [4.69, 9.17) is 13.8 Å². The van der Waals surface area contributed by atoms with Crippen LogP contribution >= 0.6 is 19.6 Å². The van der Waals surface area contributed by atoms with Crippen LogP contribution in [0.2, 0.25) is 0 Å². The maximum atomic E-state index is 12.0. The van der Waals surface area contributed by atoms with E-state index in [9.17, 15) is 19.4 Å². The van der Waals surface area contributed by atoms with Gasteiger partial charge >= 0.3 is 7.82 Å². The Kier molecular flexibility index (Phi) is 5.64. The van der Waals surface area contributed by atoms with Crippen LogP contribution in [0.3, 0.4) is 0 Å². The van der Waals surface area contributed by atoms with Gasteiger partial charge in [-0.15, -0.1) is 0 Å². The van der Waals surface area contributed by atoms with E-state index in [0.717, 1.165) is 0 Å². The number of nitrogens with zero attached hydrogens (tertiary/aromatic N) is 4. The number of phosphoric acid groups is 1. The highest BCUT2D eigenvalue weighted by atomic mass is 32.2. The number of aromatic nitrogens is 4. The van der Waals surface area contributed by atoms with Crippen LogP contribution in [0.4, 0.5) is 5.82 Å². The van der Waals surface area contributed by atoms with E-state index in [2.05, 4.69) is 20.3 Å². The van der Waals surface area contributed by atoms with Crippen molar-refractivity contribution in [2.45, 2.75) is 49.5 Å². The Morgan fingerprint density at radius 1 is 1.48 bits per heavy atom. The Hall–Kier alpha value is -1.60. The molecule has 2 saturated heterocycles. The number of aliphatic hydroxyl groups excluding tert-OH is 1. The molecule has 158 valence electrons. The number of hydrogen-bond acceptors (Lipinski definition) is 10. The van der Waals surface area contributed by atoms with Crippen molar-refractivity contribution < 1.29 is 33.1 Å². The Balaban J connectivity index is 1.72. The summed E-state index contributed by atoms with van der Waals surface area (Å²) in [5.74, 6) is 0.0621. The van der Waals surface area contributed by atoms with Gasteiger partial charge in [-0.25, -0.2) is 19.5 Å². The number of hydrogen-bond donors (Lipinski definition) is 3. The van der Waals surface area contributed by atoms with Crippen molar-refractivity contribution in [3.63, 3.8) is 0 Å². The molecule has 0 aliphatic carbocycles. The Labute approximate surface area is 169 Å². The lowest BCUT2D eigenvalue weighted by atomic mass is 10.1. The molecule has 0 spiro atoms. The van der Waals surface area contributed by atoms with Crippen molar-refractivity contribution in [3.8, 4) is 0 Å². The molecule has 2 fully saturated rings. The minimum absolute atomic E-state index is 0.194. The first-order valence-electron chi connectivity index (χ1n) is 8.90. The molecule has 2 aliphatic rings. The van der Waals surface area contributed by atoms with Crippen LogP contribution in [-0.2, 0) is 23.1 Å². The Morgan fingerprint density at radius 3 is 3.00 bits per heavy atom. The predicted octanol–water partition coefficient (Wildman–Crippen LogP) is 1.06.